The van der Waals surface area contributed by atoms with Crippen molar-refractivity contribution in [3.05, 3.63) is 69.8 Å². The van der Waals surface area contributed by atoms with Gasteiger partial charge in [0.25, 0.3) is 0 Å². The van der Waals surface area contributed by atoms with Crippen LogP contribution in [-0.4, -0.2) is 9.79 Å². The van der Waals surface area contributed by atoms with Crippen LogP contribution in [0, 0.1) is 12.8 Å². The van der Waals surface area contributed by atoms with E-state index in [2.05, 4.69) is 58.2 Å². The first kappa shape index (κ1) is 22.2. The highest BCUT2D eigenvalue weighted by Crippen LogP contribution is 2.54. The Hall–Kier alpha value is -1.45. The molecule has 0 saturated heterocycles. The Morgan fingerprint density at radius 3 is 2.00 bits per heavy atom. The first-order chi connectivity index (χ1) is 13.3. The number of benzene rings is 2. The largest absolute Gasteiger partial charge is 0.469 e. The van der Waals surface area contributed by atoms with E-state index in [-0.39, 0.29) is 17.4 Å². The molecule has 0 radical (unpaired) electrons. The van der Waals surface area contributed by atoms with E-state index >= 15 is 0 Å². The molecule has 0 saturated carbocycles. The van der Waals surface area contributed by atoms with Gasteiger partial charge in [0.15, 0.2) is 0 Å². The third-order valence-corrected chi connectivity index (χ3v) is 7.60. The average molecular weight is 416 g/mol. The lowest BCUT2D eigenvalue weighted by molar-refractivity contribution is 0.189. The van der Waals surface area contributed by atoms with Gasteiger partial charge in [0, 0.05) is 0 Å². The smallest absolute Gasteiger partial charge is 0.303 e. The maximum Gasteiger partial charge on any atom is 0.469 e. The molecule has 158 valence electrons. The second kappa shape index (κ2) is 7.67. The Kier molecular flexibility index (Phi) is 5.88. The summed E-state index contributed by atoms with van der Waals surface area (Å²) in [6.07, 6.45) is 1.90. The molecule has 0 fully saturated rings. The number of rotatable bonds is 6. The Bertz CT molecular complexity index is 938. The monoisotopic (exact) mass is 416 g/mol. The maximum atomic E-state index is 10.8. The summed E-state index contributed by atoms with van der Waals surface area (Å²) >= 11 is 0. The number of aryl methyl sites for hydroxylation is 3. The van der Waals surface area contributed by atoms with Crippen molar-refractivity contribution >= 4 is 7.82 Å². The summed E-state index contributed by atoms with van der Waals surface area (Å²) in [4.78, 5) is 17.6. The fourth-order valence-corrected chi connectivity index (χ4v) is 5.01. The lowest BCUT2D eigenvalue weighted by Gasteiger charge is -2.32. The van der Waals surface area contributed by atoms with E-state index in [1.807, 2.05) is 24.3 Å². The van der Waals surface area contributed by atoms with Crippen molar-refractivity contribution in [2.24, 2.45) is 5.92 Å². The normalized spacial score (nSPS) is 19.9. The average Bonchev–Trinajstić information content (AvgIpc) is 2.76. The van der Waals surface area contributed by atoms with Gasteiger partial charge in [-0.15, -0.1) is 0 Å². The minimum absolute atomic E-state index is 0.0858. The minimum Gasteiger partial charge on any atom is -0.303 e. The molecule has 0 aliphatic heterocycles. The number of hydrogen-bond donors (Lipinski definition) is 2. The van der Waals surface area contributed by atoms with E-state index in [4.69, 9.17) is 9.79 Å². The van der Waals surface area contributed by atoms with Crippen LogP contribution >= 0.6 is 7.82 Å². The third-order valence-electron chi connectivity index (χ3n) is 7.13. The van der Waals surface area contributed by atoms with Crippen LogP contribution in [0.25, 0.3) is 0 Å². The van der Waals surface area contributed by atoms with Gasteiger partial charge in [0.05, 0.1) is 6.61 Å². The lowest BCUT2D eigenvalue weighted by Crippen LogP contribution is -2.30. The quantitative estimate of drug-likeness (QED) is 0.602. The van der Waals surface area contributed by atoms with Gasteiger partial charge < -0.3 is 9.79 Å². The van der Waals surface area contributed by atoms with E-state index < -0.39 is 7.82 Å². The first-order valence-electron chi connectivity index (χ1n) is 10.2. The van der Waals surface area contributed by atoms with E-state index in [0.29, 0.717) is 5.92 Å². The molecule has 1 aliphatic carbocycles. The summed E-state index contributed by atoms with van der Waals surface area (Å²) in [6, 6.07) is 12.6. The van der Waals surface area contributed by atoms with Gasteiger partial charge in [0.1, 0.15) is 0 Å². The Balaban J connectivity index is 1.74. The second-order valence-corrected chi connectivity index (χ2v) is 10.8. The van der Waals surface area contributed by atoms with Crippen LogP contribution in [0.4, 0.5) is 0 Å². The molecule has 0 heterocycles. The summed E-state index contributed by atoms with van der Waals surface area (Å²) in [7, 11) is -4.43. The molecule has 3 rings (SSSR count). The topological polar surface area (TPSA) is 66.8 Å². The Labute approximate surface area is 174 Å². The summed E-state index contributed by atoms with van der Waals surface area (Å²) in [5, 5.41) is 0. The fraction of sp³-hybridized carbons (Fsp3) is 0.500. The van der Waals surface area contributed by atoms with Crippen molar-refractivity contribution in [2.75, 3.05) is 0 Å². The number of phosphoric acid groups is 1. The van der Waals surface area contributed by atoms with Gasteiger partial charge in [-0.05, 0) is 69.9 Å². The highest BCUT2D eigenvalue weighted by Gasteiger charge is 2.48. The van der Waals surface area contributed by atoms with Gasteiger partial charge in [-0.25, -0.2) is 4.57 Å². The second-order valence-electron chi connectivity index (χ2n) is 9.57. The van der Waals surface area contributed by atoms with E-state index in [1.54, 1.807) is 0 Å². The van der Waals surface area contributed by atoms with E-state index in [1.165, 1.54) is 27.8 Å². The molecule has 4 nitrogen and oxygen atoms in total. The lowest BCUT2D eigenvalue weighted by atomic mass is 9.71. The van der Waals surface area contributed by atoms with Crippen LogP contribution in [-0.2, 0) is 39.4 Å². The van der Waals surface area contributed by atoms with Crippen LogP contribution < -0.4 is 0 Å². The molecule has 29 heavy (non-hydrogen) atoms. The molecule has 0 amide bonds. The number of fused-ring (bicyclic) bond motifs is 1. The van der Waals surface area contributed by atoms with Crippen molar-refractivity contribution in [2.45, 2.75) is 71.8 Å². The van der Waals surface area contributed by atoms with Crippen molar-refractivity contribution in [3.8, 4) is 0 Å². The van der Waals surface area contributed by atoms with Gasteiger partial charge in [0.2, 0.25) is 0 Å². The molecule has 1 atom stereocenters. The van der Waals surface area contributed by atoms with Crippen LogP contribution in [0.2, 0.25) is 0 Å². The molecule has 5 heteroatoms. The highest BCUT2D eigenvalue weighted by molar-refractivity contribution is 7.46. The van der Waals surface area contributed by atoms with Crippen molar-refractivity contribution in [1.82, 2.24) is 0 Å². The van der Waals surface area contributed by atoms with Gasteiger partial charge >= 0.3 is 7.82 Å². The van der Waals surface area contributed by atoms with E-state index in [9.17, 15) is 4.57 Å². The third kappa shape index (κ3) is 4.51. The molecule has 0 aromatic heterocycles. The zero-order chi connectivity index (χ0) is 21.6. The van der Waals surface area contributed by atoms with Crippen molar-refractivity contribution in [3.63, 3.8) is 0 Å². The van der Waals surface area contributed by atoms with Gasteiger partial charge in [-0.3, -0.25) is 4.52 Å². The summed E-state index contributed by atoms with van der Waals surface area (Å²) in [5.74, 6) is 0.586. The maximum absolute atomic E-state index is 10.8. The molecular formula is C24H33O4P. The van der Waals surface area contributed by atoms with Crippen LogP contribution in [0.15, 0.2) is 36.4 Å². The molecular weight excluding hydrogens is 383 g/mol. The molecule has 0 bridgehead atoms. The number of phosphoric ester groups is 1. The van der Waals surface area contributed by atoms with Crippen molar-refractivity contribution < 1.29 is 18.9 Å². The zero-order valence-corrected chi connectivity index (χ0v) is 19.2. The number of hydrogen-bond acceptors (Lipinski definition) is 2. The van der Waals surface area contributed by atoms with Crippen LogP contribution in [0.3, 0.4) is 0 Å². The van der Waals surface area contributed by atoms with Gasteiger partial charge in [-0.2, -0.15) is 0 Å². The molecule has 1 unspecified atom stereocenters. The molecule has 2 aromatic rings. The molecule has 2 aromatic carbocycles. The predicted molar refractivity (Wildman–Crippen MR) is 117 cm³/mol. The molecule has 0 spiro atoms. The summed E-state index contributed by atoms with van der Waals surface area (Å²) in [6.45, 7) is 13.9. The van der Waals surface area contributed by atoms with Crippen molar-refractivity contribution in [1.29, 1.82) is 0 Å². The van der Waals surface area contributed by atoms with E-state index in [0.717, 1.165) is 18.4 Å². The molecule has 2 N–H and O–H groups in total. The van der Waals surface area contributed by atoms with Gasteiger partial charge in [-0.1, -0.05) is 71.0 Å². The molecule has 1 aliphatic rings. The Morgan fingerprint density at radius 2 is 1.45 bits per heavy atom. The SMILES string of the molecule is Cc1cc2c(cc1CCc1ccc(COP(=O)(O)O)cc1)C(C)(C)C(C)C2(C)C. The van der Waals surface area contributed by atoms with Crippen LogP contribution in [0.1, 0.15) is 68.0 Å². The minimum atomic E-state index is -4.43. The fourth-order valence-electron chi connectivity index (χ4n) is 4.70. The highest BCUT2D eigenvalue weighted by atomic mass is 31.2. The summed E-state index contributed by atoms with van der Waals surface area (Å²) < 4.78 is 15.4. The summed E-state index contributed by atoms with van der Waals surface area (Å²) in [5.41, 5.74) is 8.05. The standard InChI is InChI=1S/C24H33O4P/c1-16-13-21-22(24(5,6)17(2)23(21,3)4)14-20(16)12-11-18-7-9-19(10-8-18)15-28-29(25,26)27/h7-10,13-14,17H,11-12,15H2,1-6H3,(H2,25,26,27). The Morgan fingerprint density at radius 1 is 0.931 bits per heavy atom. The zero-order valence-electron chi connectivity index (χ0n) is 18.3. The van der Waals surface area contributed by atoms with Crippen LogP contribution in [0.5, 0.6) is 0 Å². The first-order valence-corrected chi connectivity index (χ1v) is 11.8. The predicted octanol–water partition coefficient (Wildman–Crippen LogP) is 5.59.